The lowest BCUT2D eigenvalue weighted by Gasteiger charge is -2.24. The number of fused-ring (bicyclic) bond motifs is 2. The van der Waals surface area contributed by atoms with E-state index in [9.17, 15) is 0 Å². The Morgan fingerprint density at radius 2 is 1.75 bits per heavy atom. The Bertz CT molecular complexity index is 884. The minimum Gasteiger partial charge on any atom is -0.0593 e. The molecular weight excluding hydrogens is 240 g/mol. The predicted molar refractivity (Wildman–Crippen MR) is 83.7 cm³/mol. The molecule has 0 saturated heterocycles. The zero-order valence-corrected chi connectivity index (χ0v) is 11.1. The van der Waals surface area contributed by atoms with Crippen LogP contribution in [0.4, 0.5) is 0 Å². The highest BCUT2D eigenvalue weighted by Gasteiger charge is 2.34. The monoisotopic (exact) mass is 253 g/mol. The van der Waals surface area contributed by atoms with Crippen LogP contribution < -0.4 is 0 Å². The molecule has 92 valence electrons. The first-order chi connectivity index (χ1) is 9.92. The van der Waals surface area contributed by atoms with Crippen LogP contribution in [0.1, 0.15) is 27.8 Å². The van der Waals surface area contributed by atoms with Gasteiger partial charge < -0.3 is 0 Å². The molecule has 20 heavy (non-hydrogen) atoms. The normalized spacial score (nSPS) is 14.5. The van der Waals surface area contributed by atoms with Gasteiger partial charge in [0.05, 0.1) is 22.4 Å². The third-order valence-corrected chi connectivity index (χ3v) is 4.55. The van der Waals surface area contributed by atoms with Gasteiger partial charge in [0.2, 0.25) is 0 Å². The van der Waals surface area contributed by atoms with Crippen molar-refractivity contribution in [2.24, 2.45) is 0 Å². The van der Waals surface area contributed by atoms with Gasteiger partial charge in [-0.15, -0.1) is 0 Å². The molecule has 0 aromatic heterocycles. The largest absolute Gasteiger partial charge is 0.0775 e. The van der Waals surface area contributed by atoms with Crippen LogP contribution in [0.3, 0.4) is 0 Å². The number of hydrogen-bond acceptors (Lipinski definition) is 0. The van der Waals surface area contributed by atoms with Crippen LogP contribution in [0.25, 0.3) is 16.8 Å². The first-order valence-corrected chi connectivity index (χ1v) is 7.10. The fourth-order valence-electron chi connectivity index (χ4n) is 3.67. The Hall–Kier alpha value is -2.47. The third-order valence-electron chi connectivity index (χ3n) is 4.55. The summed E-state index contributed by atoms with van der Waals surface area (Å²) < 4.78 is 0. The molecule has 0 heterocycles. The minimum atomic E-state index is 1.05. The zero-order chi connectivity index (χ0) is 13.1. The second-order valence-electron chi connectivity index (χ2n) is 5.63. The molecule has 0 unspecified atom stereocenters. The predicted octanol–water partition coefficient (Wildman–Crippen LogP) is 4.74. The fraction of sp³-hybridized carbons (Fsp3) is 0.0500. The Balaban J connectivity index is 1.93. The quantitative estimate of drug-likeness (QED) is 0.507. The average molecular weight is 253 g/mol. The second kappa shape index (κ2) is 3.55. The molecule has 0 fully saturated rings. The molecular formula is C20H13+. The molecule has 3 aromatic carbocycles. The standard InChI is InChI=1S/C20H13/c1-2-7-17-15(4-1)12-16-9-8-13-5-3-6-14-10-11-18(17)20(16)19(13)14/h1-11H,12H2/q+1. The fourth-order valence-corrected chi connectivity index (χ4v) is 3.67. The van der Waals surface area contributed by atoms with Gasteiger partial charge in [-0.25, -0.2) is 0 Å². The van der Waals surface area contributed by atoms with Gasteiger partial charge in [0.1, 0.15) is 0 Å². The lowest BCUT2D eigenvalue weighted by Crippen LogP contribution is -2.15. The van der Waals surface area contributed by atoms with Crippen molar-refractivity contribution >= 4 is 16.8 Å². The zero-order valence-electron chi connectivity index (χ0n) is 11.1. The molecule has 5 rings (SSSR count). The molecule has 0 saturated carbocycles. The maximum atomic E-state index is 2.30. The van der Waals surface area contributed by atoms with Gasteiger partial charge in [0.25, 0.3) is 0 Å². The summed E-state index contributed by atoms with van der Waals surface area (Å²) in [4.78, 5) is 0. The molecule has 2 aliphatic rings. The van der Waals surface area contributed by atoms with Crippen LogP contribution in [0, 0.1) is 5.92 Å². The molecule has 0 spiro atoms. The molecule has 0 nitrogen and oxygen atoms in total. The van der Waals surface area contributed by atoms with Crippen molar-refractivity contribution in [3.8, 4) is 0 Å². The van der Waals surface area contributed by atoms with Crippen LogP contribution in [0.2, 0.25) is 0 Å². The summed E-state index contributed by atoms with van der Waals surface area (Å²) in [6, 6.07) is 19.9. The molecule has 0 heteroatoms. The highest BCUT2D eigenvalue weighted by Crippen LogP contribution is 2.44. The molecule has 0 atom stereocenters. The van der Waals surface area contributed by atoms with Crippen molar-refractivity contribution in [1.29, 1.82) is 0 Å². The summed E-state index contributed by atoms with van der Waals surface area (Å²) in [7, 11) is 0. The van der Waals surface area contributed by atoms with Crippen molar-refractivity contribution in [1.82, 2.24) is 0 Å². The summed E-state index contributed by atoms with van der Waals surface area (Å²) in [5.41, 5.74) is 7.11. The number of rotatable bonds is 0. The van der Waals surface area contributed by atoms with Crippen molar-refractivity contribution in [2.75, 3.05) is 0 Å². The average Bonchev–Trinajstić information content (AvgIpc) is 2.52. The summed E-state index contributed by atoms with van der Waals surface area (Å²) in [5, 5.41) is 2.78. The lowest BCUT2D eigenvalue weighted by molar-refractivity contribution is 1.06. The number of hydrogen-bond donors (Lipinski definition) is 0. The maximum absolute atomic E-state index is 2.30. The van der Waals surface area contributed by atoms with Crippen LogP contribution in [-0.4, -0.2) is 0 Å². The van der Waals surface area contributed by atoms with Gasteiger partial charge in [0, 0.05) is 34.6 Å². The van der Waals surface area contributed by atoms with Gasteiger partial charge in [0.15, 0.2) is 0 Å². The van der Waals surface area contributed by atoms with Gasteiger partial charge in [-0.05, 0) is 54.6 Å². The van der Waals surface area contributed by atoms with Gasteiger partial charge in [-0.1, -0.05) is 6.07 Å². The van der Waals surface area contributed by atoms with E-state index >= 15 is 0 Å². The van der Waals surface area contributed by atoms with Crippen molar-refractivity contribution < 1.29 is 0 Å². The Morgan fingerprint density at radius 1 is 0.800 bits per heavy atom. The lowest BCUT2D eigenvalue weighted by atomic mass is 9.73. The van der Waals surface area contributed by atoms with E-state index < -0.39 is 0 Å². The summed E-state index contributed by atoms with van der Waals surface area (Å²) in [6.45, 7) is 0. The first-order valence-electron chi connectivity index (χ1n) is 7.10. The van der Waals surface area contributed by atoms with Crippen LogP contribution in [0.5, 0.6) is 0 Å². The Kier molecular flexibility index (Phi) is 1.83. The van der Waals surface area contributed by atoms with E-state index in [4.69, 9.17) is 0 Å². The van der Waals surface area contributed by atoms with Crippen LogP contribution in [0.15, 0.2) is 60.7 Å². The molecule has 2 aliphatic carbocycles. The van der Waals surface area contributed by atoms with E-state index in [1.165, 1.54) is 44.5 Å². The molecule has 0 amide bonds. The van der Waals surface area contributed by atoms with E-state index in [1.54, 1.807) is 0 Å². The topological polar surface area (TPSA) is 0 Å². The molecule has 0 N–H and O–H groups in total. The number of benzene rings is 3. The second-order valence-corrected chi connectivity index (χ2v) is 5.63. The Morgan fingerprint density at radius 3 is 2.75 bits per heavy atom. The minimum absolute atomic E-state index is 1.05. The molecule has 0 radical (unpaired) electrons. The van der Waals surface area contributed by atoms with Crippen molar-refractivity contribution in [3.05, 3.63) is 94.4 Å². The first kappa shape index (κ1) is 10.3. The Labute approximate surface area is 118 Å². The van der Waals surface area contributed by atoms with E-state index in [-0.39, 0.29) is 0 Å². The van der Waals surface area contributed by atoms with E-state index in [1.807, 2.05) is 0 Å². The van der Waals surface area contributed by atoms with E-state index in [0.29, 0.717) is 0 Å². The van der Waals surface area contributed by atoms with E-state index in [0.717, 1.165) is 6.42 Å². The summed E-state index contributed by atoms with van der Waals surface area (Å²) in [5.74, 6) is 1.39. The number of allylic oxidation sites excluding steroid dienone is 1. The molecule has 0 aliphatic heterocycles. The van der Waals surface area contributed by atoms with Gasteiger partial charge >= 0.3 is 0 Å². The highest BCUT2D eigenvalue weighted by atomic mass is 14.3. The van der Waals surface area contributed by atoms with Gasteiger partial charge in [-0.2, -0.15) is 0 Å². The van der Waals surface area contributed by atoms with Crippen molar-refractivity contribution in [2.45, 2.75) is 6.42 Å². The summed E-state index contributed by atoms with van der Waals surface area (Å²) in [6.07, 6.45) is 5.60. The molecule has 0 bridgehead atoms. The highest BCUT2D eigenvalue weighted by molar-refractivity contribution is 6.00. The van der Waals surface area contributed by atoms with Gasteiger partial charge in [-0.3, -0.25) is 0 Å². The molecule has 3 aromatic rings. The summed E-state index contributed by atoms with van der Waals surface area (Å²) >= 11 is 0. The van der Waals surface area contributed by atoms with Crippen molar-refractivity contribution in [3.63, 3.8) is 0 Å². The van der Waals surface area contributed by atoms with Crippen LogP contribution >= 0.6 is 0 Å². The third kappa shape index (κ3) is 1.19. The van der Waals surface area contributed by atoms with E-state index in [2.05, 4.69) is 66.7 Å². The smallest absolute Gasteiger partial charge is 0.0593 e. The maximum Gasteiger partial charge on any atom is 0.0775 e. The SMILES string of the molecule is C1=C[C+]2c3ccccc3Cc3ccc4cccc1c4c32. The van der Waals surface area contributed by atoms with Crippen LogP contribution in [-0.2, 0) is 6.42 Å².